The highest BCUT2D eigenvalue weighted by Gasteiger charge is 2.11. The van der Waals surface area contributed by atoms with E-state index in [1.54, 1.807) is 18.2 Å². The maximum absolute atomic E-state index is 12.0. The van der Waals surface area contributed by atoms with Crippen molar-refractivity contribution in [2.45, 2.75) is 6.42 Å². The van der Waals surface area contributed by atoms with Gasteiger partial charge in [-0.2, -0.15) is 0 Å². The predicted molar refractivity (Wildman–Crippen MR) is 84.9 cm³/mol. The minimum absolute atomic E-state index is 0.144. The summed E-state index contributed by atoms with van der Waals surface area (Å²) in [5, 5.41) is 12.1. The van der Waals surface area contributed by atoms with Crippen molar-refractivity contribution in [3.05, 3.63) is 63.1 Å². The van der Waals surface area contributed by atoms with Gasteiger partial charge < -0.3 is 10.4 Å². The molecule has 0 atom stereocenters. The second-order valence-electron chi connectivity index (χ2n) is 4.32. The molecule has 6 heteroatoms. The first-order valence-corrected chi connectivity index (χ1v) is 7.20. The van der Waals surface area contributed by atoms with E-state index in [1.807, 2.05) is 6.07 Å². The van der Waals surface area contributed by atoms with Crippen LogP contribution in [0, 0.1) is 0 Å². The van der Waals surface area contributed by atoms with Gasteiger partial charge in [0, 0.05) is 9.50 Å². The fourth-order valence-electron chi connectivity index (χ4n) is 1.76. The lowest BCUT2D eigenvalue weighted by Gasteiger charge is -2.09. The zero-order valence-electron chi connectivity index (χ0n) is 10.8. The minimum atomic E-state index is -1.02. The van der Waals surface area contributed by atoms with E-state index in [4.69, 9.17) is 16.7 Å². The number of carbonyl (C=O) groups is 2. The van der Waals surface area contributed by atoms with Gasteiger partial charge in [-0.05, 0) is 45.8 Å². The molecule has 0 heterocycles. The van der Waals surface area contributed by atoms with Crippen LogP contribution in [0.15, 0.2) is 46.9 Å². The third kappa shape index (κ3) is 4.06. The Bertz CT molecular complexity index is 703. The normalized spacial score (nSPS) is 10.2. The summed E-state index contributed by atoms with van der Waals surface area (Å²) in [6.45, 7) is 0. The van der Waals surface area contributed by atoms with Crippen molar-refractivity contribution in [3.63, 3.8) is 0 Å². The number of hydrogen-bond acceptors (Lipinski definition) is 2. The van der Waals surface area contributed by atoms with Crippen LogP contribution in [0.2, 0.25) is 5.02 Å². The minimum Gasteiger partial charge on any atom is -0.478 e. The van der Waals surface area contributed by atoms with Crippen LogP contribution in [-0.2, 0) is 11.2 Å². The topological polar surface area (TPSA) is 66.4 Å². The first-order chi connectivity index (χ1) is 9.97. The molecule has 0 fully saturated rings. The van der Waals surface area contributed by atoms with Crippen molar-refractivity contribution < 1.29 is 14.7 Å². The summed E-state index contributed by atoms with van der Waals surface area (Å²) in [5.74, 6) is -1.25. The van der Waals surface area contributed by atoms with E-state index in [0.29, 0.717) is 15.2 Å². The molecule has 1 amide bonds. The smallest absolute Gasteiger partial charge is 0.335 e. The summed E-state index contributed by atoms with van der Waals surface area (Å²) in [5.41, 5.74) is 1.39. The average Bonchev–Trinajstić information content (AvgIpc) is 2.43. The van der Waals surface area contributed by atoms with Gasteiger partial charge >= 0.3 is 5.97 Å². The molecular weight excluding hydrogens is 358 g/mol. The van der Waals surface area contributed by atoms with Crippen molar-refractivity contribution in [1.29, 1.82) is 0 Å². The first kappa shape index (κ1) is 15.5. The van der Waals surface area contributed by atoms with Crippen LogP contribution in [0.4, 0.5) is 5.69 Å². The van der Waals surface area contributed by atoms with Gasteiger partial charge in [0.05, 0.1) is 17.7 Å². The average molecular weight is 369 g/mol. The maximum atomic E-state index is 12.0. The molecule has 0 spiro atoms. The number of hydrogen-bond donors (Lipinski definition) is 2. The number of rotatable bonds is 4. The molecule has 0 unspecified atom stereocenters. The Labute approximate surface area is 134 Å². The molecule has 2 rings (SSSR count). The number of halogens is 2. The van der Waals surface area contributed by atoms with E-state index in [0.717, 1.165) is 5.56 Å². The van der Waals surface area contributed by atoms with Crippen molar-refractivity contribution in [2.24, 2.45) is 0 Å². The molecule has 2 N–H and O–H groups in total. The van der Waals surface area contributed by atoms with Crippen molar-refractivity contribution in [1.82, 2.24) is 0 Å². The SMILES string of the molecule is O=C(Cc1ccccc1Cl)Nc1ccc(C(=O)O)cc1Br. The molecule has 0 aliphatic carbocycles. The summed E-state index contributed by atoms with van der Waals surface area (Å²) >= 11 is 9.24. The van der Waals surface area contributed by atoms with Gasteiger partial charge in [-0.3, -0.25) is 4.79 Å². The molecule has 2 aromatic carbocycles. The molecule has 0 saturated heterocycles. The summed E-state index contributed by atoms with van der Waals surface area (Å²) in [6, 6.07) is 11.5. The number of amides is 1. The van der Waals surface area contributed by atoms with Crippen LogP contribution in [-0.4, -0.2) is 17.0 Å². The largest absolute Gasteiger partial charge is 0.478 e. The predicted octanol–water partition coefficient (Wildman–Crippen LogP) is 3.98. The molecule has 0 saturated carbocycles. The van der Waals surface area contributed by atoms with Crippen molar-refractivity contribution in [3.8, 4) is 0 Å². The maximum Gasteiger partial charge on any atom is 0.335 e. The summed E-state index contributed by atoms with van der Waals surface area (Å²) in [7, 11) is 0. The second-order valence-corrected chi connectivity index (χ2v) is 5.58. The van der Waals surface area contributed by atoms with E-state index in [9.17, 15) is 9.59 Å². The molecule has 0 aliphatic heterocycles. The van der Waals surface area contributed by atoms with Crippen LogP contribution in [0.5, 0.6) is 0 Å². The van der Waals surface area contributed by atoms with Gasteiger partial charge in [0.15, 0.2) is 0 Å². The van der Waals surface area contributed by atoms with E-state index in [-0.39, 0.29) is 17.9 Å². The van der Waals surface area contributed by atoms with Crippen molar-refractivity contribution >= 4 is 45.1 Å². The van der Waals surface area contributed by atoms with Gasteiger partial charge in [-0.15, -0.1) is 0 Å². The van der Waals surface area contributed by atoms with Crippen LogP contribution >= 0.6 is 27.5 Å². The zero-order chi connectivity index (χ0) is 15.4. The van der Waals surface area contributed by atoms with E-state index in [2.05, 4.69) is 21.2 Å². The van der Waals surface area contributed by atoms with Gasteiger partial charge in [0.2, 0.25) is 5.91 Å². The van der Waals surface area contributed by atoms with Crippen LogP contribution in [0.25, 0.3) is 0 Å². The number of anilines is 1. The lowest BCUT2D eigenvalue weighted by molar-refractivity contribution is -0.115. The van der Waals surface area contributed by atoms with E-state index in [1.165, 1.54) is 18.2 Å². The van der Waals surface area contributed by atoms with Gasteiger partial charge in [-0.1, -0.05) is 29.8 Å². The number of carbonyl (C=O) groups excluding carboxylic acids is 1. The lowest BCUT2D eigenvalue weighted by atomic mass is 10.1. The highest BCUT2D eigenvalue weighted by atomic mass is 79.9. The number of aromatic carboxylic acids is 1. The van der Waals surface area contributed by atoms with Crippen LogP contribution in [0.1, 0.15) is 15.9 Å². The van der Waals surface area contributed by atoms with Crippen LogP contribution in [0.3, 0.4) is 0 Å². The Hall–Kier alpha value is -1.85. The summed E-state index contributed by atoms with van der Waals surface area (Å²) < 4.78 is 0.509. The standard InChI is InChI=1S/C15H11BrClNO3/c16-11-7-10(15(20)21)5-6-13(11)18-14(19)8-9-3-1-2-4-12(9)17/h1-7H,8H2,(H,18,19)(H,20,21). The van der Waals surface area contributed by atoms with Gasteiger partial charge in [0.1, 0.15) is 0 Å². The number of carboxylic acid groups (broad SMARTS) is 1. The molecule has 0 radical (unpaired) electrons. The Morgan fingerprint density at radius 1 is 1.19 bits per heavy atom. The Morgan fingerprint density at radius 3 is 2.52 bits per heavy atom. The Kier molecular flexibility index (Phi) is 4.98. The van der Waals surface area contributed by atoms with Gasteiger partial charge in [0.25, 0.3) is 0 Å². The molecule has 4 nitrogen and oxygen atoms in total. The van der Waals surface area contributed by atoms with Crippen molar-refractivity contribution in [2.75, 3.05) is 5.32 Å². The molecule has 2 aromatic rings. The quantitative estimate of drug-likeness (QED) is 0.858. The fourth-order valence-corrected chi connectivity index (χ4v) is 2.44. The molecule has 0 aliphatic rings. The highest BCUT2D eigenvalue weighted by Crippen LogP contribution is 2.24. The second kappa shape index (κ2) is 6.74. The fraction of sp³-hybridized carbons (Fsp3) is 0.0667. The zero-order valence-corrected chi connectivity index (χ0v) is 13.1. The summed E-state index contributed by atoms with van der Waals surface area (Å²) in [6.07, 6.45) is 0.146. The van der Waals surface area contributed by atoms with Crippen LogP contribution < -0.4 is 5.32 Å². The molecule has 21 heavy (non-hydrogen) atoms. The molecular formula is C15H11BrClNO3. The molecule has 0 bridgehead atoms. The third-order valence-corrected chi connectivity index (χ3v) is 3.82. The number of benzene rings is 2. The highest BCUT2D eigenvalue weighted by molar-refractivity contribution is 9.10. The summed E-state index contributed by atoms with van der Waals surface area (Å²) in [4.78, 5) is 22.8. The Morgan fingerprint density at radius 2 is 1.90 bits per heavy atom. The number of nitrogens with one attached hydrogen (secondary N) is 1. The molecule has 0 aromatic heterocycles. The third-order valence-electron chi connectivity index (χ3n) is 2.80. The molecule has 108 valence electrons. The van der Waals surface area contributed by atoms with E-state index >= 15 is 0 Å². The lowest BCUT2D eigenvalue weighted by Crippen LogP contribution is -2.15. The van der Waals surface area contributed by atoms with Gasteiger partial charge in [-0.25, -0.2) is 4.79 Å². The monoisotopic (exact) mass is 367 g/mol. The first-order valence-electron chi connectivity index (χ1n) is 6.03. The Balaban J connectivity index is 2.10. The number of carboxylic acids is 1. The van der Waals surface area contributed by atoms with E-state index < -0.39 is 5.97 Å².